The lowest BCUT2D eigenvalue weighted by Crippen LogP contribution is -2.47. The van der Waals surface area contributed by atoms with E-state index in [0.29, 0.717) is 25.7 Å². The Morgan fingerprint density at radius 1 is 1.23 bits per heavy atom. The summed E-state index contributed by atoms with van der Waals surface area (Å²) in [6.45, 7) is 3.69. The minimum Gasteiger partial charge on any atom is -0.480 e. The minimum atomic E-state index is -3.73. The van der Waals surface area contributed by atoms with E-state index in [1.807, 2.05) is 19.2 Å². The molecule has 0 saturated carbocycles. The first-order valence-corrected chi connectivity index (χ1v) is 12.2. The Kier molecular flexibility index (Phi) is 8.32. The van der Waals surface area contributed by atoms with Crippen molar-refractivity contribution in [3.8, 4) is 0 Å². The molecule has 0 radical (unpaired) electrons. The van der Waals surface area contributed by atoms with Crippen LogP contribution in [-0.2, 0) is 29.2 Å². The molecule has 1 unspecified atom stereocenters. The molecule has 2 atom stereocenters. The van der Waals surface area contributed by atoms with Crippen LogP contribution < -0.4 is 5.32 Å². The van der Waals surface area contributed by atoms with E-state index in [-0.39, 0.29) is 17.9 Å². The van der Waals surface area contributed by atoms with Gasteiger partial charge in [0.25, 0.3) is 0 Å². The molecule has 0 aromatic rings. The average molecular weight is 414 g/mol. The van der Waals surface area contributed by atoms with Gasteiger partial charge < -0.3 is 15.2 Å². The molecule has 1 aliphatic rings. The zero-order valence-corrected chi connectivity index (χ0v) is 16.6. The molecular weight excluding hydrogens is 386 g/mol. The topological polar surface area (TPSA) is 144 Å². The van der Waals surface area contributed by atoms with Gasteiger partial charge in [0.1, 0.15) is 12.1 Å². The van der Waals surface area contributed by atoms with E-state index in [2.05, 4.69) is 0 Å². The smallest absolute Gasteiger partial charge is 0.408 e. The van der Waals surface area contributed by atoms with Crippen molar-refractivity contribution in [2.45, 2.75) is 63.3 Å². The summed E-state index contributed by atoms with van der Waals surface area (Å²) in [7, 11) is -6.99. The summed E-state index contributed by atoms with van der Waals surface area (Å²) in [6, 6.07) is -1.65. The van der Waals surface area contributed by atoms with Crippen LogP contribution in [0.1, 0.15) is 46.0 Å². The van der Waals surface area contributed by atoms with Gasteiger partial charge >= 0.3 is 12.1 Å². The highest BCUT2D eigenvalue weighted by Gasteiger charge is 2.34. The van der Waals surface area contributed by atoms with Crippen LogP contribution in [0.3, 0.4) is 0 Å². The standard InChI is InChI=1S/C15H27NO8S2/c1-3-5-12(6-4-2)26(22,23)10-13(14(17)18)16-15(19)24-11-7-8-25(20,21)9-11/h11-13H,3-10H2,1-2H3,(H,16,19)(H,17,18)/t11-,13?/m1/s1. The molecule has 1 saturated heterocycles. The fraction of sp³-hybridized carbons (Fsp3) is 0.867. The van der Waals surface area contributed by atoms with Crippen molar-refractivity contribution >= 4 is 31.7 Å². The van der Waals surface area contributed by atoms with E-state index in [9.17, 15) is 31.5 Å². The SMILES string of the molecule is CCCC(CCC)S(=O)(=O)CC(NC(=O)O[C@@H]1CCS(=O)(=O)C1)C(=O)O. The lowest BCUT2D eigenvalue weighted by atomic mass is 10.2. The van der Waals surface area contributed by atoms with Crippen LogP contribution >= 0.6 is 0 Å². The molecule has 1 aliphatic heterocycles. The summed E-state index contributed by atoms with van der Waals surface area (Å²) >= 11 is 0. The normalized spacial score (nSPS) is 20.7. The van der Waals surface area contributed by atoms with E-state index in [1.165, 1.54) is 0 Å². The fourth-order valence-electron chi connectivity index (χ4n) is 2.87. The number of carboxylic acids is 1. The van der Waals surface area contributed by atoms with Gasteiger partial charge in [-0.3, -0.25) is 0 Å². The molecule has 0 aromatic carbocycles. The van der Waals surface area contributed by atoms with Crippen LogP contribution in [0.25, 0.3) is 0 Å². The third-order valence-electron chi connectivity index (χ3n) is 4.18. The van der Waals surface area contributed by atoms with Gasteiger partial charge in [-0.15, -0.1) is 0 Å². The number of hydrogen-bond donors (Lipinski definition) is 2. The van der Waals surface area contributed by atoms with Crippen molar-refractivity contribution in [3.63, 3.8) is 0 Å². The van der Waals surface area contributed by atoms with Crippen LogP contribution in [0.5, 0.6) is 0 Å². The van der Waals surface area contributed by atoms with Crippen LogP contribution in [-0.4, -0.2) is 68.7 Å². The number of carbonyl (C=O) groups is 2. The Labute approximate surface area is 154 Å². The van der Waals surface area contributed by atoms with E-state index in [4.69, 9.17) is 4.74 Å². The molecule has 152 valence electrons. The molecule has 9 nitrogen and oxygen atoms in total. The quantitative estimate of drug-likeness (QED) is 0.533. The Bertz CT molecular complexity index is 695. The Balaban J connectivity index is 2.73. The third kappa shape index (κ3) is 7.10. The second kappa shape index (κ2) is 9.54. The fourth-order valence-corrected chi connectivity index (χ4v) is 6.61. The lowest BCUT2D eigenvalue weighted by molar-refractivity contribution is -0.138. The van der Waals surface area contributed by atoms with E-state index >= 15 is 0 Å². The van der Waals surface area contributed by atoms with Gasteiger partial charge in [0.2, 0.25) is 0 Å². The maximum absolute atomic E-state index is 12.5. The Hall–Kier alpha value is -1.36. The number of carbonyl (C=O) groups excluding carboxylic acids is 1. The number of alkyl carbamates (subject to hydrolysis) is 1. The third-order valence-corrected chi connectivity index (χ3v) is 8.21. The van der Waals surface area contributed by atoms with Crippen LogP contribution in [0.15, 0.2) is 0 Å². The van der Waals surface area contributed by atoms with Crippen molar-refractivity contribution in [2.75, 3.05) is 17.3 Å². The largest absolute Gasteiger partial charge is 0.480 e. The highest BCUT2D eigenvalue weighted by molar-refractivity contribution is 7.92. The van der Waals surface area contributed by atoms with Crippen molar-refractivity contribution < 1.29 is 36.3 Å². The van der Waals surface area contributed by atoms with Gasteiger partial charge in [-0.05, 0) is 19.3 Å². The summed E-state index contributed by atoms with van der Waals surface area (Å²) in [4.78, 5) is 23.2. The molecule has 2 N–H and O–H groups in total. The zero-order chi connectivity index (χ0) is 20.0. The number of amides is 1. The Morgan fingerprint density at radius 3 is 2.23 bits per heavy atom. The van der Waals surface area contributed by atoms with Crippen molar-refractivity contribution in [1.29, 1.82) is 0 Å². The van der Waals surface area contributed by atoms with Gasteiger partial charge in [-0.25, -0.2) is 26.4 Å². The number of sulfone groups is 2. The summed E-state index contributed by atoms with van der Waals surface area (Å²) in [5.41, 5.74) is 0. The van der Waals surface area contributed by atoms with Crippen molar-refractivity contribution in [2.24, 2.45) is 0 Å². The molecule has 0 aromatic heterocycles. The number of aliphatic carboxylic acids is 1. The van der Waals surface area contributed by atoms with Crippen molar-refractivity contribution in [3.05, 3.63) is 0 Å². The van der Waals surface area contributed by atoms with E-state index < -0.39 is 54.9 Å². The summed E-state index contributed by atoms with van der Waals surface area (Å²) in [6.07, 6.45) is 0.303. The van der Waals surface area contributed by atoms with Gasteiger partial charge in [0.05, 0.1) is 22.5 Å². The Morgan fingerprint density at radius 2 is 1.81 bits per heavy atom. The highest BCUT2D eigenvalue weighted by atomic mass is 32.2. The average Bonchev–Trinajstić information content (AvgIpc) is 2.84. The second-order valence-corrected chi connectivity index (χ2v) is 11.0. The maximum atomic E-state index is 12.5. The summed E-state index contributed by atoms with van der Waals surface area (Å²) in [5.74, 6) is -2.63. The number of ether oxygens (including phenoxy) is 1. The number of nitrogens with one attached hydrogen (secondary N) is 1. The molecule has 0 aliphatic carbocycles. The van der Waals surface area contributed by atoms with E-state index in [0.717, 1.165) is 0 Å². The summed E-state index contributed by atoms with van der Waals surface area (Å²) in [5, 5.41) is 10.6. The van der Waals surface area contributed by atoms with Crippen LogP contribution in [0.4, 0.5) is 4.79 Å². The predicted octanol–water partition coefficient (Wildman–Crippen LogP) is 0.737. The molecule has 1 heterocycles. The molecule has 0 bridgehead atoms. The zero-order valence-electron chi connectivity index (χ0n) is 15.0. The number of carboxylic acid groups (broad SMARTS) is 1. The van der Waals surface area contributed by atoms with Crippen LogP contribution in [0.2, 0.25) is 0 Å². The monoisotopic (exact) mass is 413 g/mol. The van der Waals surface area contributed by atoms with E-state index in [1.54, 1.807) is 0 Å². The highest BCUT2D eigenvalue weighted by Crippen LogP contribution is 2.18. The second-order valence-electron chi connectivity index (χ2n) is 6.49. The maximum Gasteiger partial charge on any atom is 0.408 e. The predicted molar refractivity (Wildman–Crippen MR) is 95.5 cm³/mol. The molecule has 1 amide bonds. The molecule has 1 rings (SSSR count). The van der Waals surface area contributed by atoms with Crippen LogP contribution in [0, 0.1) is 0 Å². The van der Waals surface area contributed by atoms with Gasteiger partial charge in [-0.2, -0.15) is 0 Å². The number of rotatable bonds is 10. The molecule has 26 heavy (non-hydrogen) atoms. The molecule has 0 spiro atoms. The lowest BCUT2D eigenvalue weighted by Gasteiger charge is -2.20. The molecule has 1 fully saturated rings. The minimum absolute atomic E-state index is 0.0998. The van der Waals surface area contributed by atoms with Gasteiger partial charge in [0, 0.05) is 0 Å². The number of hydrogen-bond acceptors (Lipinski definition) is 7. The first-order valence-electron chi connectivity index (χ1n) is 8.62. The first kappa shape index (κ1) is 22.7. The van der Waals surface area contributed by atoms with Gasteiger partial charge in [-0.1, -0.05) is 26.7 Å². The first-order chi connectivity index (χ1) is 12.0. The molecular formula is C15H27NO8S2. The molecule has 11 heteroatoms. The van der Waals surface area contributed by atoms with Gasteiger partial charge in [0.15, 0.2) is 19.7 Å². The summed E-state index contributed by atoms with van der Waals surface area (Å²) < 4.78 is 52.6. The van der Waals surface area contributed by atoms with Crippen molar-refractivity contribution in [1.82, 2.24) is 5.32 Å².